The van der Waals surface area contributed by atoms with Crippen molar-refractivity contribution in [2.24, 2.45) is 11.7 Å². The Labute approximate surface area is 93.8 Å². The Hall–Kier alpha value is -0.570. The third-order valence-corrected chi connectivity index (χ3v) is 2.38. The maximum Gasteiger partial charge on any atom is 0.239 e. The number of carbonyl (C=O) groups excluding carboxylic acids is 1. The molecule has 0 bridgehead atoms. The topological polar surface area (TPSA) is 55.1 Å². The van der Waals surface area contributed by atoms with E-state index in [0.29, 0.717) is 0 Å². The minimum Gasteiger partial charge on any atom is -0.352 e. The van der Waals surface area contributed by atoms with Gasteiger partial charge in [0, 0.05) is 6.04 Å². The molecule has 0 aliphatic carbocycles. The molecule has 0 saturated heterocycles. The molecule has 3 N–H and O–H groups in total. The zero-order valence-electron chi connectivity index (χ0n) is 10.8. The van der Waals surface area contributed by atoms with Gasteiger partial charge < -0.3 is 11.1 Å². The SMILES string of the molecule is CC(C)CCCC(C)NC(=O)C(C)(C)N. The molecule has 0 aromatic carbocycles. The summed E-state index contributed by atoms with van der Waals surface area (Å²) in [6.07, 6.45) is 3.40. The van der Waals surface area contributed by atoms with Crippen LogP contribution in [0.2, 0.25) is 0 Å². The van der Waals surface area contributed by atoms with Crippen molar-refractivity contribution in [1.29, 1.82) is 0 Å². The van der Waals surface area contributed by atoms with Gasteiger partial charge in [-0.15, -0.1) is 0 Å². The molecule has 90 valence electrons. The molecule has 0 spiro atoms. The molecule has 0 fully saturated rings. The van der Waals surface area contributed by atoms with E-state index in [1.54, 1.807) is 13.8 Å². The van der Waals surface area contributed by atoms with Crippen LogP contribution in [0.25, 0.3) is 0 Å². The average molecular weight is 214 g/mol. The summed E-state index contributed by atoms with van der Waals surface area (Å²) in [7, 11) is 0. The van der Waals surface area contributed by atoms with Crippen molar-refractivity contribution >= 4 is 5.91 Å². The normalized spacial score (nSPS) is 14.1. The van der Waals surface area contributed by atoms with Crippen LogP contribution in [0.1, 0.15) is 53.9 Å². The first-order valence-corrected chi connectivity index (χ1v) is 5.83. The number of carbonyl (C=O) groups is 1. The van der Waals surface area contributed by atoms with Crippen molar-refractivity contribution in [2.75, 3.05) is 0 Å². The third-order valence-electron chi connectivity index (χ3n) is 2.38. The molecule has 0 radical (unpaired) electrons. The summed E-state index contributed by atoms with van der Waals surface area (Å²) in [5.41, 5.74) is 4.92. The van der Waals surface area contributed by atoms with Crippen LogP contribution in [0.3, 0.4) is 0 Å². The molecule has 0 aliphatic rings. The maximum atomic E-state index is 11.5. The molecule has 1 atom stereocenters. The molecule has 3 heteroatoms. The lowest BCUT2D eigenvalue weighted by Crippen LogP contribution is -2.51. The van der Waals surface area contributed by atoms with Crippen LogP contribution in [-0.2, 0) is 4.79 Å². The van der Waals surface area contributed by atoms with E-state index in [2.05, 4.69) is 19.2 Å². The van der Waals surface area contributed by atoms with Crippen molar-refractivity contribution in [3.63, 3.8) is 0 Å². The fourth-order valence-corrected chi connectivity index (χ4v) is 1.31. The largest absolute Gasteiger partial charge is 0.352 e. The van der Waals surface area contributed by atoms with Gasteiger partial charge in [0.2, 0.25) is 5.91 Å². The van der Waals surface area contributed by atoms with Gasteiger partial charge in [0.1, 0.15) is 0 Å². The van der Waals surface area contributed by atoms with E-state index >= 15 is 0 Å². The van der Waals surface area contributed by atoms with E-state index in [9.17, 15) is 4.79 Å². The predicted molar refractivity (Wildman–Crippen MR) is 64.6 cm³/mol. The summed E-state index contributed by atoms with van der Waals surface area (Å²) in [5.74, 6) is 0.665. The Bertz CT molecular complexity index is 194. The van der Waals surface area contributed by atoms with E-state index in [-0.39, 0.29) is 11.9 Å². The summed E-state index contributed by atoms with van der Waals surface area (Å²) in [5, 5.41) is 2.93. The van der Waals surface area contributed by atoms with Gasteiger partial charge in [0.05, 0.1) is 5.54 Å². The summed E-state index contributed by atoms with van der Waals surface area (Å²) in [6.45, 7) is 9.91. The van der Waals surface area contributed by atoms with Crippen molar-refractivity contribution in [3.05, 3.63) is 0 Å². The lowest BCUT2D eigenvalue weighted by Gasteiger charge is -2.22. The number of rotatable bonds is 6. The average Bonchev–Trinajstić information content (AvgIpc) is 2.01. The van der Waals surface area contributed by atoms with Crippen molar-refractivity contribution in [1.82, 2.24) is 5.32 Å². The van der Waals surface area contributed by atoms with Gasteiger partial charge in [-0.25, -0.2) is 0 Å². The van der Waals surface area contributed by atoms with Crippen LogP contribution in [0.5, 0.6) is 0 Å². The molecule has 0 aromatic rings. The third kappa shape index (κ3) is 7.37. The van der Waals surface area contributed by atoms with Crippen molar-refractivity contribution in [2.45, 2.75) is 65.5 Å². The molecule has 0 rings (SSSR count). The van der Waals surface area contributed by atoms with Crippen LogP contribution in [0.15, 0.2) is 0 Å². The van der Waals surface area contributed by atoms with Gasteiger partial charge in [0.15, 0.2) is 0 Å². The van der Waals surface area contributed by atoms with Gasteiger partial charge in [-0.1, -0.05) is 26.7 Å². The molecule has 1 amide bonds. The molecule has 3 nitrogen and oxygen atoms in total. The monoisotopic (exact) mass is 214 g/mol. The zero-order valence-corrected chi connectivity index (χ0v) is 10.8. The van der Waals surface area contributed by atoms with Crippen LogP contribution < -0.4 is 11.1 Å². The smallest absolute Gasteiger partial charge is 0.239 e. The highest BCUT2D eigenvalue weighted by atomic mass is 16.2. The summed E-state index contributed by atoms with van der Waals surface area (Å²) in [4.78, 5) is 11.5. The predicted octanol–water partition coefficient (Wildman–Crippen LogP) is 2.05. The number of nitrogens with two attached hydrogens (primary N) is 1. The Morgan fingerprint density at radius 1 is 1.27 bits per heavy atom. The van der Waals surface area contributed by atoms with E-state index < -0.39 is 5.54 Å². The molecule has 0 saturated carbocycles. The Balaban J connectivity index is 3.75. The second-order valence-corrected chi connectivity index (χ2v) is 5.42. The van der Waals surface area contributed by atoms with Crippen LogP contribution in [0, 0.1) is 5.92 Å². The highest BCUT2D eigenvalue weighted by Crippen LogP contribution is 2.08. The summed E-state index contributed by atoms with van der Waals surface area (Å²) < 4.78 is 0. The zero-order chi connectivity index (χ0) is 12.1. The minimum atomic E-state index is -0.772. The first kappa shape index (κ1) is 14.4. The standard InChI is InChI=1S/C12H26N2O/c1-9(2)7-6-8-10(3)14-11(15)12(4,5)13/h9-10H,6-8,13H2,1-5H3,(H,14,15). The molecule has 0 aliphatic heterocycles. The van der Waals surface area contributed by atoms with Gasteiger partial charge in [0.25, 0.3) is 0 Å². The number of hydrogen-bond acceptors (Lipinski definition) is 2. The number of nitrogens with one attached hydrogen (secondary N) is 1. The van der Waals surface area contributed by atoms with Crippen LogP contribution in [-0.4, -0.2) is 17.5 Å². The fourth-order valence-electron chi connectivity index (χ4n) is 1.31. The Morgan fingerprint density at radius 3 is 2.20 bits per heavy atom. The van der Waals surface area contributed by atoms with E-state index in [1.807, 2.05) is 6.92 Å². The second-order valence-electron chi connectivity index (χ2n) is 5.42. The van der Waals surface area contributed by atoms with Crippen molar-refractivity contribution in [3.8, 4) is 0 Å². The molecule has 0 heterocycles. The Kier molecular flexibility index (Phi) is 5.88. The number of hydrogen-bond donors (Lipinski definition) is 2. The summed E-state index contributed by atoms with van der Waals surface area (Å²) >= 11 is 0. The van der Waals surface area contributed by atoms with Crippen LogP contribution in [0.4, 0.5) is 0 Å². The van der Waals surface area contributed by atoms with Gasteiger partial charge in [-0.2, -0.15) is 0 Å². The molecule has 1 unspecified atom stereocenters. The summed E-state index contributed by atoms with van der Waals surface area (Å²) in [6, 6.07) is 0.221. The maximum absolute atomic E-state index is 11.5. The molecule has 0 aromatic heterocycles. The van der Waals surface area contributed by atoms with E-state index in [1.165, 1.54) is 6.42 Å². The lowest BCUT2D eigenvalue weighted by molar-refractivity contribution is -0.125. The molecular weight excluding hydrogens is 188 g/mol. The number of amides is 1. The minimum absolute atomic E-state index is 0.0699. The van der Waals surface area contributed by atoms with E-state index in [0.717, 1.165) is 18.8 Å². The molecular formula is C12H26N2O. The second kappa shape index (κ2) is 6.11. The van der Waals surface area contributed by atoms with E-state index in [4.69, 9.17) is 5.73 Å². The molecule has 15 heavy (non-hydrogen) atoms. The first-order valence-electron chi connectivity index (χ1n) is 5.83. The van der Waals surface area contributed by atoms with Gasteiger partial charge in [-0.05, 0) is 33.1 Å². The first-order chi connectivity index (χ1) is 6.73. The highest BCUT2D eigenvalue weighted by molar-refractivity contribution is 5.85. The van der Waals surface area contributed by atoms with Crippen molar-refractivity contribution < 1.29 is 4.79 Å². The van der Waals surface area contributed by atoms with Gasteiger partial charge >= 0.3 is 0 Å². The highest BCUT2D eigenvalue weighted by Gasteiger charge is 2.22. The van der Waals surface area contributed by atoms with Crippen LogP contribution >= 0.6 is 0 Å². The fraction of sp³-hybridized carbons (Fsp3) is 0.917. The Morgan fingerprint density at radius 2 is 1.80 bits per heavy atom. The quantitative estimate of drug-likeness (QED) is 0.711. The lowest BCUT2D eigenvalue weighted by atomic mass is 10.0. The van der Waals surface area contributed by atoms with Gasteiger partial charge in [-0.3, -0.25) is 4.79 Å².